The fraction of sp³-hybridized carbons (Fsp3) is 0.700. The maximum Gasteiger partial charge on any atom is 0.305 e. The number of methoxy groups -OCH3 is 1. The molecule has 2 heteroatoms. The van der Waals surface area contributed by atoms with Gasteiger partial charge in [0.1, 0.15) is 0 Å². The second-order valence-corrected chi connectivity index (χ2v) is 3.38. The van der Waals surface area contributed by atoms with Crippen LogP contribution in [-0.2, 0) is 9.53 Å². The summed E-state index contributed by atoms with van der Waals surface area (Å²) in [6, 6.07) is 0. The van der Waals surface area contributed by atoms with Gasteiger partial charge < -0.3 is 4.74 Å². The molecule has 1 atom stereocenters. The van der Waals surface area contributed by atoms with E-state index in [9.17, 15) is 4.79 Å². The molecule has 0 rings (SSSR count). The molecule has 0 aromatic carbocycles. The molecule has 12 heavy (non-hydrogen) atoms. The first-order valence-corrected chi connectivity index (χ1v) is 4.27. The molecule has 0 N–H and O–H groups in total. The maximum atomic E-state index is 10.8. The second kappa shape index (κ2) is 5.81. The first-order chi connectivity index (χ1) is 5.56. The van der Waals surface area contributed by atoms with Crippen molar-refractivity contribution in [2.75, 3.05) is 7.11 Å². The van der Waals surface area contributed by atoms with Crippen molar-refractivity contribution in [2.24, 2.45) is 5.92 Å². The summed E-state index contributed by atoms with van der Waals surface area (Å²) in [5, 5.41) is 0. The zero-order chi connectivity index (χ0) is 9.56. The van der Waals surface area contributed by atoms with Crippen molar-refractivity contribution in [3.63, 3.8) is 0 Å². The van der Waals surface area contributed by atoms with E-state index in [0.29, 0.717) is 12.3 Å². The zero-order valence-electron chi connectivity index (χ0n) is 8.22. The van der Waals surface area contributed by atoms with Crippen LogP contribution in [0.2, 0.25) is 0 Å². The number of carbonyl (C=O) groups excluding carboxylic acids is 1. The number of ether oxygens (including phenoxy) is 1. The van der Waals surface area contributed by atoms with Crippen LogP contribution in [0.5, 0.6) is 0 Å². The van der Waals surface area contributed by atoms with Gasteiger partial charge in [0.15, 0.2) is 0 Å². The minimum atomic E-state index is -0.122. The van der Waals surface area contributed by atoms with Crippen LogP contribution in [0.1, 0.15) is 33.1 Å². The third-order valence-electron chi connectivity index (χ3n) is 1.77. The van der Waals surface area contributed by atoms with Crippen LogP contribution in [0.3, 0.4) is 0 Å². The summed E-state index contributed by atoms with van der Waals surface area (Å²) in [6.45, 7) is 7.96. The highest BCUT2D eigenvalue weighted by Crippen LogP contribution is 2.14. The van der Waals surface area contributed by atoms with Crippen molar-refractivity contribution in [1.82, 2.24) is 0 Å². The molecule has 0 saturated carbocycles. The zero-order valence-corrected chi connectivity index (χ0v) is 8.22. The molecule has 0 saturated heterocycles. The molecular formula is C10H18O2. The molecule has 0 aromatic rings. The third kappa shape index (κ3) is 5.96. The van der Waals surface area contributed by atoms with E-state index in [-0.39, 0.29) is 5.97 Å². The Balaban J connectivity index is 3.50. The number of allylic oxidation sites excluding steroid dienone is 1. The SMILES string of the molecule is C=C(C)C[C@H](C)CCC(=O)OC. The average Bonchev–Trinajstić information content (AvgIpc) is 1.99. The molecule has 0 aliphatic rings. The highest BCUT2D eigenvalue weighted by molar-refractivity contribution is 5.69. The minimum Gasteiger partial charge on any atom is -0.469 e. The number of hydrogen-bond donors (Lipinski definition) is 0. The molecule has 0 heterocycles. The average molecular weight is 170 g/mol. The lowest BCUT2D eigenvalue weighted by atomic mass is 9.98. The largest absolute Gasteiger partial charge is 0.469 e. The van der Waals surface area contributed by atoms with Crippen LogP contribution in [0.4, 0.5) is 0 Å². The van der Waals surface area contributed by atoms with Gasteiger partial charge in [0.2, 0.25) is 0 Å². The number of rotatable bonds is 5. The van der Waals surface area contributed by atoms with Crippen molar-refractivity contribution < 1.29 is 9.53 Å². The van der Waals surface area contributed by atoms with Gasteiger partial charge in [-0.2, -0.15) is 0 Å². The molecule has 0 aliphatic carbocycles. The predicted octanol–water partition coefficient (Wildman–Crippen LogP) is 2.54. The summed E-state index contributed by atoms with van der Waals surface area (Å²) in [6.07, 6.45) is 2.40. The number of hydrogen-bond acceptors (Lipinski definition) is 2. The Labute approximate surface area is 74.6 Å². The Morgan fingerprint density at radius 3 is 2.58 bits per heavy atom. The molecule has 70 valence electrons. The van der Waals surface area contributed by atoms with E-state index in [0.717, 1.165) is 12.8 Å². The van der Waals surface area contributed by atoms with E-state index in [1.54, 1.807) is 0 Å². The summed E-state index contributed by atoms with van der Waals surface area (Å²) in [5.41, 5.74) is 1.17. The maximum absolute atomic E-state index is 10.8. The van der Waals surface area contributed by atoms with Gasteiger partial charge in [0.05, 0.1) is 7.11 Å². The number of carbonyl (C=O) groups is 1. The quantitative estimate of drug-likeness (QED) is 0.468. The Bertz CT molecular complexity index is 161. The van der Waals surface area contributed by atoms with Crippen LogP contribution >= 0.6 is 0 Å². The van der Waals surface area contributed by atoms with Crippen LogP contribution < -0.4 is 0 Å². The third-order valence-corrected chi connectivity index (χ3v) is 1.77. The molecule has 0 unspecified atom stereocenters. The van der Waals surface area contributed by atoms with Gasteiger partial charge in [-0.25, -0.2) is 0 Å². The first-order valence-electron chi connectivity index (χ1n) is 4.27. The predicted molar refractivity (Wildman–Crippen MR) is 49.8 cm³/mol. The summed E-state index contributed by atoms with van der Waals surface area (Å²) in [7, 11) is 1.42. The van der Waals surface area contributed by atoms with Crippen LogP contribution in [-0.4, -0.2) is 13.1 Å². The Kier molecular flexibility index (Phi) is 5.43. The lowest BCUT2D eigenvalue weighted by molar-refractivity contribution is -0.140. The molecule has 0 bridgehead atoms. The van der Waals surface area contributed by atoms with Gasteiger partial charge in [0, 0.05) is 6.42 Å². The van der Waals surface area contributed by atoms with Gasteiger partial charge in [-0.05, 0) is 25.7 Å². The Morgan fingerprint density at radius 2 is 2.17 bits per heavy atom. The summed E-state index contributed by atoms with van der Waals surface area (Å²) < 4.78 is 4.54. The molecule has 0 radical (unpaired) electrons. The minimum absolute atomic E-state index is 0.122. The van der Waals surface area contributed by atoms with Crippen molar-refractivity contribution in [3.8, 4) is 0 Å². The van der Waals surface area contributed by atoms with Crippen molar-refractivity contribution in [2.45, 2.75) is 33.1 Å². The highest BCUT2D eigenvalue weighted by Gasteiger charge is 2.06. The van der Waals surface area contributed by atoms with Gasteiger partial charge in [-0.15, -0.1) is 6.58 Å². The van der Waals surface area contributed by atoms with Gasteiger partial charge in [-0.3, -0.25) is 4.79 Å². The van der Waals surface area contributed by atoms with E-state index in [1.165, 1.54) is 12.7 Å². The topological polar surface area (TPSA) is 26.3 Å². The monoisotopic (exact) mass is 170 g/mol. The Morgan fingerprint density at radius 1 is 1.58 bits per heavy atom. The van der Waals surface area contributed by atoms with Crippen molar-refractivity contribution >= 4 is 5.97 Å². The Hall–Kier alpha value is -0.790. The lowest BCUT2D eigenvalue weighted by Gasteiger charge is -2.09. The summed E-state index contributed by atoms with van der Waals surface area (Å²) in [4.78, 5) is 10.8. The molecule has 0 aliphatic heterocycles. The smallest absolute Gasteiger partial charge is 0.305 e. The molecule has 0 spiro atoms. The highest BCUT2D eigenvalue weighted by atomic mass is 16.5. The van der Waals surface area contributed by atoms with Crippen LogP contribution in [0.15, 0.2) is 12.2 Å². The normalized spacial score (nSPS) is 12.2. The van der Waals surface area contributed by atoms with E-state index < -0.39 is 0 Å². The van der Waals surface area contributed by atoms with E-state index >= 15 is 0 Å². The van der Waals surface area contributed by atoms with E-state index in [4.69, 9.17) is 0 Å². The summed E-state index contributed by atoms with van der Waals surface area (Å²) in [5.74, 6) is 0.408. The van der Waals surface area contributed by atoms with Crippen molar-refractivity contribution in [3.05, 3.63) is 12.2 Å². The number of esters is 1. The van der Waals surface area contributed by atoms with Crippen molar-refractivity contribution in [1.29, 1.82) is 0 Å². The fourth-order valence-corrected chi connectivity index (χ4v) is 1.16. The molecular weight excluding hydrogens is 152 g/mol. The van der Waals surface area contributed by atoms with Gasteiger partial charge in [-0.1, -0.05) is 12.5 Å². The van der Waals surface area contributed by atoms with Crippen LogP contribution in [0, 0.1) is 5.92 Å². The first kappa shape index (κ1) is 11.2. The van der Waals surface area contributed by atoms with E-state index in [2.05, 4.69) is 18.2 Å². The van der Waals surface area contributed by atoms with Gasteiger partial charge >= 0.3 is 5.97 Å². The standard InChI is InChI=1S/C10H18O2/c1-8(2)7-9(3)5-6-10(11)12-4/h9H,1,5-7H2,2-4H3/t9-/m1/s1. The molecule has 0 aromatic heterocycles. The fourth-order valence-electron chi connectivity index (χ4n) is 1.16. The summed E-state index contributed by atoms with van der Waals surface area (Å²) >= 11 is 0. The molecule has 0 amide bonds. The molecule has 0 fully saturated rings. The molecule has 2 nitrogen and oxygen atoms in total. The van der Waals surface area contributed by atoms with Crippen LogP contribution in [0.25, 0.3) is 0 Å². The second-order valence-electron chi connectivity index (χ2n) is 3.38. The van der Waals surface area contributed by atoms with Gasteiger partial charge in [0.25, 0.3) is 0 Å². The lowest BCUT2D eigenvalue weighted by Crippen LogP contribution is -2.04. The van der Waals surface area contributed by atoms with E-state index in [1.807, 2.05) is 6.92 Å².